The Balaban J connectivity index is 1.85. The van der Waals surface area contributed by atoms with Gasteiger partial charge in [0.25, 0.3) is 0 Å². The molecule has 0 bridgehead atoms. The van der Waals surface area contributed by atoms with E-state index >= 15 is 0 Å². The van der Waals surface area contributed by atoms with Crippen molar-refractivity contribution in [2.24, 2.45) is 5.92 Å². The predicted molar refractivity (Wildman–Crippen MR) is 88.5 cm³/mol. The molecule has 0 amide bonds. The van der Waals surface area contributed by atoms with Crippen LogP contribution in [0.1, 0.15) is 17.9 Å². The van der Waals surface area contributed by atoms with Gasteiger partial charge >= 0.3 is 5.97 Å². The summed E-state index contributed by atoms with van der Waals surface area (Å²) in [5, 5.41) is 2.32. The van der Waals surface area contributed by atoms with Crippen molar-refractivity contribution in [2.45, 2.75) is 12.3 Å². The Morgan fingerprint density at radius 2 is 1.83 bits per heavy atom. The molecule has 0 saturated heterocycles. The van der Waals surface area contributed by atoms with E-state index in [-0.39, 0.29) is 11.9 Å². The lowest BCUT2D eigenvalue weighted by atomic mass is 10.0. The third-order valence-electron chi connectivity index (χ3n) is 4.36. The summed E-state index contributed by atoms with van der Waals surface area (Å²) >= 11 is 0. The van der Waals surface area contributed by atoms with Crippen molar-refractivity contribution in [1.82, 2.24) is 0 Å². The van der Waals surface area contributed by atoms with E-state index in [9.17, 15) is 4.79 Å². The number of carbonyl (C=O) groups excluding carboxylic acids is 1. The average molecular weight is 312 g/mol. The molecule has 0 aliphatic heterocycles. The molecule has 0 unspecified atom stereocenters. The summed E-state index contributed by atoms with van der Waals surface area (Å²) in [6.07, 6.45) is 2.44. The lowest BCUT2D eigenvalue weighted by Crippen LogP contribution is -2.08. The maximum atomic E-state index is 11.9. The van der Waals surface area contributed by atoms with Crippen LogP contribution in [0.25, 0.3) is 10.8 Å². The van der Waals surface area contributed by atoms with Crippen molar-refractivity contribution in [3.05, 3.63) is 53.8 Å². The van der Waals surface area contributed by atoms with E-state index in [4.69, 9.17) is 14.2 Å². The zero-order valence-corrected chi connectivity index (χ0v) is 13.5. The molecule has 1 saturated carbocycles. The van der Waals surface area contributed by atoms with E-state index in [1.165, 1.54) is 24.3 Å². The highest BCUT2D eigenvalue weighted by Gasteiger charge is 2.44. The molecule has 3 rings (SSSR count). The quantitative estimate of drug-likeness (QED) is 0.480. The van der Waals surface area contributed by atoms with Gasteiger partial charge in [-0.25, -0.2) is 4.79 Å². The van der Waals surface area contributed by atoms with Crippen molar-refractivity contribution in [3.63, 3.8) is 0 Å². The molecule has 120 valence electrons. The van der Waals surface area contributed by atoms with Gasteiger partial charge in [0.05, 0.1) is 33.2 Å². The number of carbonyl (C=O) groups is 1. The second-order valence-electron chi connectivity index (χ2n) is 5.72. The monoisotopic (exact) mass is 312 g/mol. The molecule has 2 aromatic rings. The van der Waals surface area contributed by atoms with Gasteiger partial charge in [0.2, 0.25) is 0 Å². The lowest BCUT2D eigenvalue weighted by Gasteiger charge is -2.07. The van der Waals surface area contributed by atoms with Crippen LogP contribution in [0, 0.1) is 5.92 Å². The number of hydrogen-bond donors (Lipinski definition) is 0. The van der Waals surface area contributed by atoms with E-state index in [0.717, 1.165) is 17.6 Å². The number of benzene rings is 2. The van der Waals surface area contributed by atoms with Gasteiger partial charge < -0.3 is 14.2 Å². The molecule has 2 aromatic carbocycles. The van der Waals surface area contributed by atoms with Crippen LogP contribution in [0.2, 0.25) is 0 Å². The molecule has 4 nitrogen and oxygen atoms in total. The highest BCUT2D eigenvalue weighted by Crippen LogP contribution is 2.52. The van der Waals surface area contributed by atoms with Crippen LogP contribution in [0.3, 0.4) is 0 Å². The molecule has 1 fully saturated rings. The van der Waals surface area contributed by atoms with Gasteiger partial charge in [0, 0.05) is 5.92 Å². The van der Waals surface area contributed by atoms with Crippen molar-refractivity contribution >= 4 is 16.7 Å². The third kappa shape index (κ3) is 3.02. The molecule has 4 heteroatoms. The number of esters is 1. The highest BCUT2D eigenvalue weighted by atomic mass is 16.5. The first kappa shape index (κ1) is 15.4. The van der Waals surface area contributed by atoms with Crippen molar-refractivity contribution in [1.29, 1.82) is 0 Å². The van der Waals surface area contributed by atoms with Gasteiger partial charge in [-0.1, -0.05) is 24.3 Å². The first-order valence-electron chi connectivity index (χ1n) is 7.56. The molecule has 2 atom stereocenters. The number of hydrogen-bond acceptors (Lipinski definition) is 4. The van der Waals surface area contributed by atoms with Gasteiger partial charge in [-0.2, -0.15) is 0 Å². The van der Waals surface area contributed by atoms with Crippen LogP contribution >= 0.6 is 0 Å². The SMILES string of the molecule is CO/C=C(/C(=O)OC)[C@H]1C[C@H]1c1ccc2cc(OC)ccc2c1. The van der Waals surface area contributed by atoms with Gasteiger partial charge in [0.15, 0.2) is 0 Å². The van der Waals surface area contributed by atoms with E-state index in [1.807, 2.05) is 12.1 Å². The number of methoxy groups -OCH3 is 3. The number of ether oxygens (including phenoxy) is 3. The summed E-state index contributed by atoms with van der Waals surface area (Å²) in [4.78, 5) is 11.9. The van der Waals surface area contributed by atoms with Gasteiger partial charge in [0.1, 0.15) is 5.75 Å². The smallest absolute Gasteiger partial charge is 0.337 e. The maximum Gasteiger partial charge on any atom is 0.337 e. The number of fused-ring (bicyclic) bond motifs is 1. The fourth-order valence-corrected chi connectivity index (χ4v) is 3.04. The van der Waals surface area contributed by atoms with Crippen molar-refractivity contribution < 1.29 is 19.0 Å². The Morgan fingerprint density at radius 1 is 1.09 bits per heavy atom. The fraction of sp³-hybridized carbons (Fsp3) is 0.316. The minimum atomic E-state index is -0.315. The van der Waals surface area contributed by atoms with Crippen LogP contribution in [0.4, 0.5) is 0 Å². The molecule has 0 heterocycles. The Hall–Kier alpha value is -2.49. The molecular formula is C19H20O4. The van der Waals surface area contributed by atoms with Crippen LogP contribution in [0.15, 0.2) is 48.2 Å². The Morgan fingerprint density at radius 3 is 2.52 bits per heavy atom. The molecule has 0 spiro atoms. The van der Waals surface area contributed by atoms with Crippen molar-refractivity contribution in [2.75, 3.05) is 21.3 Å². The molecule has 23 heavy (non-hydrogen) atoms. The number of rotatable bonds is 5. The van der Waals surface area contributed by atoms with Crippen LogP contribution < -0.4 is 4.74 Å². The van der Waals surface area contributed by atoms with Gasteiger partial charge in [-0.3, -0.25) is 0 Å². The molecule has 0 radical (unpaired) electrons. The average Bonchev–Trinajstić information content (AvgIpc) is 3.38. The van der Waals surface area contributed by atoms with Crippen LogP contribution in [0.5, 0.6) is 5.75 Å². The summed E-state index contributed by atoms with van der Waals surface area (Å²) < 4.78 is 15.1. The van der Waals surface area contributed by atoms with E-state index in [0.29, 0.717) is 11.5 Å². The minimum Gasteiger partial charge on any atom is -0.504 e. The van der Waals surface area contributed by atoms with E-state index < -0.39 is 0 Å². The summed E-state index contributed by atoms with van der Waals surface area (Å²) in [5.74, 6) is 1.04. The first-order chi connectivity index (χ1) is 11.2. The van der Waals surface area contributed by atoms with Gasteiger partial charge in [-0.05, 0) is 40.8 Å². The molecule has 1 aliphatic rings. The maximum absolute atomic E-state index is 11.9. The molecule has 0 N–H and O–H groups in total. The Labute approximate surface area is 135 Å². The van der Waals surface area contributed by atoms with Crippen molar-refractivity contribution in [3.8, 4) is 5.75 Å². The molecule has 0 aromatic heterocycles. The predicted octanol–water partition coefficient (Wildman–Crippen LogP) is 3.66. The highest BCUT2D eigenvalue weighted by molar-refractivity contribution is 5.90. The second-order valence-corrected chi connectivity index (χ2v) is 5.72. The van der Waals surface area contributed by atoms with E-state index in [2.05, 4.69) is 24.3 Å². The summed E-state index contributed by atoms with van der Waals surface area (Å²) in [5.41, 5.74) is 1.84. The standard InChI is InChI=1S/C19H20O4/c1-21-11-18(19(20)23-3)17-10-16(17)14-5-4-13-9-15(22-2)7-6-12(13)8-14/h4-9,11,16-17H,10H2,1-3H3/b18-11+/t16-,17-/m0/s1. The minimum absolute atomic E-state index is 0.165. The summed E-state index contributed by atoms with van der Waals surface area (Å²) in [7, 11) is 4.61. The summed E-state index contributed by atoms with van der Waals surface area (Å²) in [6.45, 7) is 0. The first-order valence-corrected chi connectivity index (χ1v) is 7.56. The Kier molecular flexibility index (Phi) is 4.24. The topological polar surface area (TPSA) is 44.8 Å². The Bertz CT molecular complexity index is 763. The lowest BCUT2D eigenvalue weighted by molar-refractivity contribution is -0.136. The fourth-order valence-electron chi connectivity index (χ4n) is 3.04. The zero-order chi connectivity index (χ0) is 16.4. The summed E-state index contributed by atoms with van der Waals surface area (Å²) in [6, 6.07) is 12.4. The van der Waals surface area contributed by atoms with E-state index in [1.54, 1.807) is 14.2 Å². The van der Waals surface area contributed by atoms with Crippen LogP contribution in [-0.2, 0) is 14.3 Å². The van der Waals surface area contributed by atoms with Crippen LogP contribution in [-0.4, -0.2) is 27.3 Å². The molecule has 1 aliphatic carbocycles. The molecular weight excluding hydrogens is 292 g/mol. The third-order valence-corrected chi connectivity index (χ3v) is 4.36. The normalized spacial score (nSPS) is 20.2. The largest absolute Gasteiger partial charge is 0.504 e. The van der Waals surface area contributed by atoms with Gasteiger partial charge in [-0.15, -0.1) is 0 Å². The zero-order valence-electron chi connectivity index (χ0n) is 13.5. The second kappa shape index (κ2) is 6.32.